The average molecular weight is 477 g/mol. The molecular formula is C21H21F2N5O4S. The van der Waals surface area contributed by atoms with Gasteiger partial charge >= 0.3 is 0 Å². The quantitative estimate of drug-likeness (QED) is 0.373. The third-order valence-electron chi connectivity index (χ3n) is 4.68. The number of rotatable bonds is 7. The van der Waals surface area contributed by atoms with Crippen molar-refractivity contribution in [2.24, 2.45) is 5.73 Å². The lowest BCUT2D eigenvalue weighted by atomic mass is 10.1. The van der Waals surface area contributed by atoms with Gasteiger partial charge in [-0.25, -0.2) is 8.78 Å². The van der Waals surface area contributed by atoms with E-state index in [-0.39, 0.29) is 23.0 Å². The minimum absolute atomic E-state index is 0.0228. The largest absolute Gasteiger partial charge is 0.338 e. The summed E-state index contributed by atoms with van der Waals surface area (Å²) in [6, 6.07) is 7.85. The fourth-order valence-corrected chi connectivity index (χ4v) is 3.79. The van der Waals surface area contributed by atoms with Gasteiger partial charge in [0.25, 0.3) is 5.91 Å². The summed E-state index contributed by atoms with van der Waals surface area (Å²) in [5.41, 5.74) is 6.12. The van der Waals surface area contributed by atoms with Crippen molar-refractivity contribution in [2.45, 2.75) is 24.6 Å². The van der Waals surface area contributed by atoms with Crippen molar-refractivity contribution in [1.82, 2.24) is 16.0 Å². The van der Waals surface area contributed by atoms with Gasteiger partial charge in [-0.15, -0.1) is 11.8 Å². The third-order valence-corrected chi connectivity index (χ3v) is 5.70. The Bertz CT molecular complexity index is 1080. The highest BCUT2D eigenvalue weighted by molar-refractivity contribution is 8.00. The van der Waals surface area contributed by atoms with Gasteiger partial charge in [0.15, 0.2) is 17.4 Å². The zero-order valence-corrected chi connectivity index (χ0v) is 18.2. The number of benzene rings is 2. The first-order valence-electron chi connectivity index (χ1n) is 9.74. The van der Waals surface area contributed by atoms with Crippen LogP contribution in [0.1, 0.15) is 27.6 Å². The highest BCUT2D eigenvalue weighted by Crippen LogP contribution is 2.15. The van der Waals surface area contributed by atoms with E-state index in [1.807, 2.05) is 0 Å². The van der Waals surface area contributed by atoms with E-state index < -0.39 is 41.2 Å². The Morgan fingerprint density at radius 1 is 1.06 bits per heavy atom. The molecule has 3 atom stereocenters. The van der Waals surface area contributed by atoms with Gasteiger partial charge in [0.2, 0.25) is 11.8 Å². The Morgan fingerprint density at radius 3 is 2.33 bits per heavy atom. The summed E-state index contributed by atoms with van der Waals surface area (Å²) < 4.78 is 26.4. The van der Waals surface area contributed by atoms with E-state index >= 15 is 0 Å². The predicted octanol–water partition coefficient (Wildman–Crippen LogP) is 0.925. The first-order valence-corrected chi connectivity index (χ1v) is 10.8. The van der Waals surface area contributed by atoms with Crippen LogP contribution < -0.4 is 27.0 Å². The Kier molecular flexibility index (Phi) is 7.74. The van der Waals surface area contributed by atoms with Crippen LogP contribution in [0.3, 0.4) is 0 Å². The number of carbonyl (C=O) groups is 4. The number of anilines is 1. The molecular weight excluding hydrogens is 456 g/mol. The van der Waals surface area contributed by atoms with Crippen molar-refractivity contribution < 1.29 is 28.0 Å². The maximum absolute atomic E-state index is 13.3. The monoisotopic (exact) mass is 477 g/mol. The lowest BCUT2D eigenvalue weighted by molar-refractivity contribution is -0.125. The van der Waals surface area contributed by atoms with Crippen molar-refractivity contribution >= 4 is 41.0 Å². The molecule has 0 saturated carbocycles. The molecule has 1 aliphatic heterocycles. The van der Waals surface area contributed by atoms with Crippen molar-refractivity contribution in [2.75, 3.05) is 11.1 Å². The summed E-state index contributed by atoms with van der Waals surface area (Å²) in [7, 11) is 0. The molecule has 1 saturated heterocycles. The molecule has 0 aliphatic carbocycles. The molecule has 3 amide bonds. The second-order valence-electron chi connectivity index (χ2n) is 7.15. The van der Waals surface area contributed by atoms with Crippen LogP contribution >= 0.6 is 11.8 Å². The molecule has 0 radical (unpaired) electrons. The van der Waals surface area contributed by atoms with Gasteiger partial charge in [0, 0.05) is 16.8 Å². The van der Waals surface area contributed by atoms with Gasteiger partial charge in [0.05, 0.1) is 11.9 Å². The van der Waals surface area contributed by atoms with Gasteiger partial charge in [-0.05, 0) is 49.4 Å². The van der Waals surface area contributed by atoms with Crippen molar-refractivity contribution in [3.63, 3.8) is 0 Å². The molecule has 1 heterocycles. The second kappa shape index (κ2) is 10.5. The standard InChI is InChI=1S/C21H21F2N5O4S/c1-10(29)11-2-5-13(6-3-11)25-16(30)9-33-21-27-18(24)17(20(32)28-21)26-19(31)12-4-7-14(22)15(23)8-12/h2-8,17-18,21,27H,9,24H2,1H3,(H,25,30)(H,26,31)(H,28,32). The number of nitrogens with one attached hydrogen (secondary N) is 4. The normalized spacial score (nSPS) is 20.0. The predicted molar refractivity (Wildman–Crippen MR) is 118 cm³/mol. The molecule has 0 spiro atoms. The molecule has 33 heavy (non-hydrogen) atoms. The van der Waals surface area contributed by atoms with Crippen LogP contribution in [-0.2, 0) is 9.59 Å². The van der Waals surface area contributed by atoms with Crippen LogP contribution in [0.25, 0.3) is 0 Å². The minimum atomic E-state index is -1.19. The molecule has 6 N–H and O–H groups in total. The van der Waals surface area contributed by atoms with Gasteiger partial charge < -0.3 is 21.7 Å². The zero-order chi connectivity index (χ0) is 24.1. The number of halogens is 2. The summed E-state index contributed by atoms with van der Waals surface area (Å²) in [6.45, 7) is 1.44. The van der Waals surface area contributed by atoms with E-state index in [9.17, 15) is 28.0 Å². The van der Waals surface area contributed by atoms with Crippen molar-refractivity contribution in [1.29, 1.82) is 0 Å². The Balaban J connectivity index is 1.49. The summed E-state index contributed by atoms with van der Waals surface area (Å²) in [5, 5.41) is 10.5. The number of ketones is 1. The maximum atomic E-state index is 13.3. The molecule has 3 unspecified atom stereocenters. The Labute approximate surface area is 191 Å². The zero-order valence-electron chi connectivity index (χ0n) is 17.4. The van der Waals surface area contributed by atoms with E-state index in [0.717, 1.165) is 30.0 Å². The fourth-order valence-electron chi connectivity index (χ4n) is 2.95. The molecule has 3 rings (SSSR count). The van der Waals surface area contributed by atoms with Gasteiger partial charge in [-0.1, -0.05) is 0 Å². The van der Waals surface area contributed by atoms with Gasteiger partial charge in [0.1, 0.15) is 11.5 Å². The second-order valence-corrected chi connectivity index (χ2v) is 8.25. The van der Waals surface area contributed by atoms with E-state index in [2.05, 4.69) is 21.3 Å². The van der Waals surface area contributed by atoms with Crippen LogP contribution in [-0.4, -0.2) is 47.0 Å². The summed E-state index contributed by atoms with van der Waals surface area (Å²) in [6.07, 6.45) is -0.993. The number of hydrogen-bond donors (Lipinski definition) is 5. The SMILES string of the molecule is CC(=O)c1ccc(NC(=O)CSC2NC(=O)C(NC(=O)c3ccc(F)c(F)c3)C(N)N2)cc1. The van der Waals surface area contributed by atoms with E-state index in [1.54, 1.807) is 24.3 Å². The molecule has 0 bridgehead atoms. The van der Waals surface area contributed by atoms with Crippen LogP contribution in [0.2, 0.25) is 0 Å². The minimum Gasteiger partial charge on any atom is -0.338 e. The fraction of sp³-hybridized carbons (Fsp3) is 0.238. The highest BCUT2D eigenvalue weighted by Gasteiger charge is 2.35. The molecule has 2 aromatic rings. The van der Waals surface area contributed by atoms with E-state index in [1.165, 1.54) is 6.92 Å². The number of nitrogens with two attached hydrogens (primary N) is 1. The Hall–Kier alpha value is -3.35. The molecule has 2 aromatic carbocycles. The summed E-state index contributed by atoms with van der Waals surface area (Å²) in [4.78, 5) is 48.1. The number of thioether (sulfide) groups is 1. The first kappa shape index (κ1) is 24.3. The molecule has 9 nitrogen and oxygen atoms in total. The highest BCUT2D eigenvalue weighted by atomic mass is 32.2. The number of Topliss-reactive ketones (excluding diaryl/α,β-unsaturated/α-hetero) is 1. The van der Waals surface area contributed by atoms with Crippen molar-refractivity contribution in [3.8, 4) is 0 Å². The topological polar surface area (TPSA) is 142 Å². The van der Waals surface area contributed by atoms with E-state index in [4.69, 9.17) is 5.73 Å². The number of amides is 3. The summed E-state index contributed by atoms with van der Waals surface area (Å²) >= 11 is 1.07. The number of carbonyl (C=O) groups excluding carboxylic acids is 4. The van der Waals surface area contributed by atoms with Crippen LogP contribution in [0.5, 0.6) is 0 Å². The third kappa shape index (κ3) is 6.34. The average Bonchev–Trinajstić information content (AvgIpc) is 2.77. The van der Waals surface area contributed by atoms with Gasteiger partial charge in [-0.2, -0.15) is 0 Å². The number of hydrogen-bond acceptors (Lipinski definition) is 7. The smallest absolute Gasteiger partial charge is 0.252 e. The van der Waals surface area contributed by atoms with Crippen LogP contribution in [0, 0.1) is 11.6 Å². The Morgan fingerprint density at radius 2 is 1.73 bits per heavy atom. The van der Waals surface area contributed by atoms with Crippen LogP contribution in [0.4, 0.5) is 14.5 Å². The van der Waals surface area contributed by atoms with E-state index in [0.29, 0.717) is 11.3 Å². The lowest BCUT2D eigenvalue weighted by Gasteiger charge is -2.35. The first-order chi connectivity index (χ1) is 15.6. The molecule has 0 aromatic heterocycles. The summed E-state index contributed by atoms with van der Waals surface area (Å²) in [5.74, 6) is -4.14. The van der Waals surface area contributed by atoms with Crippen molar-refractivity contribution in [3.05, 3.63) is 65.2 Å². The molecule has 1 aliphatic rings. The lowest BCUT2D eigenvalue weighted by Crippen LogP contribution is -2.70. The van der Waals surface area contributed by atoms with Crippen LogP contribution in [0.15, 0.2) is 42.5 Å². The molecule has 174 valence electrons. The molecule has 12 heteroatoms. The van der Waals surface area contributed by atoms with Gasteiger partial charge in [-0.3, -0.25) is 24.5 Å². The molecule has 1 fully saturated rings. The maximum Gasteiger partial charge on any atom is 0.252 e.